The number of benzene rings is 1. The van der Waals surface area contributed by atoms with E-state index in [1.165, 1.54) is 4.90 Å². The van der Waals surface area contributed by atoms with Crippen molar-refractivity contribution in [2.45, 2.75) is 46.2 Å². The summed E-state index contributed by atoms with van der Waals surface area (Å²) in [6.07, 6.45) is -1.15. The Balaban J connectivity index is 2.33. The molecule has 1 heterocycles. The number of alkyl halides is 3. The maximum Gasteiger partial charge on any atom is 0.421 e. The van der Waals surface area contributed by atoms with Crippen molar-refractivity contribution >= 4 is 11.5 Å². The summed E-state index contributed by atoms with van der Waals surface area (Å²) in [4.78, 5) is 9.16. The molecule has 1 aromatic carbocycles. The fourth-order valence-corrected chi connectivity index (χ4v) is 2.64. The highest BCUT2D eigenvalue weighted by Gasteiger charge is 2.36. The highest BCUT2D eigenvalue weighted by atomic mass is 19.4. The maximum atomic E-state index is 13.4. The van der Waals surface area contributed by atoms with E-state index in [-0.39, 0.29) is 11.8 Å². The third kappa shape index (κ3) is 5.84. The lowest BCUT2D eigenvalue weighted by molar-refractivity contribution is -0.137. The molecule has 0 saturated heterocycles. The van der Waals surface area contributed by atoms with Crippen LogP contribution >= 0.6 is 0 Å². The smallest absolute Gasteiger partial charge is 0.421 e. The molecular weight excluding hydrogens is 355 g/mol. The highest BCUT2D eigenvalue weighted by molar-refractivity contribution is 5.63. The van der Waals surface area contributed by atoms with E-state index in [1.54, 1.807) is 19.2 Å². The first-order chi connectivity index (χ1) is 12.7. The van der Waals surface area contributed by atoms with Gasteiger partial charge in [0.1, 0.15) is 5.56 Å². The normalized spacial score (nSPS) is 11.7. The number of nitrogens with zero attached hydrogens (tertiary/aromatic N) is 3. The SMILES string of the molecule is CCCCOc1ncc(C(F)(F)F)c(N(C)c2ccc(CC(C)C)cc2)n1. The number of rotatable bonds is 8. The van der Waals surface area contributed by atoms with Crippen LogP contribution in [-0.2, 0) is 12.6 Å². The van der Waals surface area contributed by atoms with Crippen LogP contribution in [-0.4, -0.2) is 23.6 Å². The largest absolute Gasteiger partial charge is 0.463 e. The summed E-state index contributed by atoms with van der Waals surface area (Å²) >= 11 is 0. The van der Waals surface area contributed by atoms with E-state index in [2.05, 4.69) is 23.8 Å². The van der Waals surface area contributed by atoms with Gasteiger partial charge in [-0.05, 0) is 36.5 Å². The Hall–Kier alpha value is -2.31. The van der Waals surface area contributed by atoms with Crippen molar-refractivity contribution in [2.75, 3.05) is 18.6 Å². The van der Waals surface area contributed by atoms with Crippen LogP contribution in [0.5, 0.6) is 6.01 Å². The lowest BCUT2D eigenvalue weighted by atomic mass is 10.0. The number of hydrogen-bond donors (Lipinski definition) is 0. The van der Waals surface area contributed by atoms with Crippen molar-refractivity contribution in [1.82, 2.24) is 9.97 Å². The van der Waals surface area contributed by atoms with Gasteiger partial charge in [-0.1, -0.05) is 39.3 Å². The molecular formula is C20H26F3N3O. The molecule has 0 spiro atoms. The maximum absolute atomic E-state index is 13.4. The number of aromatic nitrogens is 2. The van der Waals surface area contributed by atoms with E-state index in [0.717, 1.165) is 31.0 Å². The molecule has 0 fully saturated rings. The average Bonchev–Trinajstić information content (AvgIpc) is 2.60. The molecule has 0 unspecified atom stereocenters. The minimum atomic E-state index is -4.55. The zero-order valence-corrected chi connectivity index (χ0v) is 16.2. The van der Waals surface area contributed by atoms with Gasteiger partial charge in [0.15, 0.2) is 5.82 Å². The van der Waals surface area contributed by atoms with Crippen molar-refractivity contribution in [3.63, 3.8) is 0 Å². The minimum Gasteiger partial charge on any atom is -0.463 e. The zero-order chi connectivity index (χ0) is 20.0. The summed E-state index contributed by atoms with van der Waals surface area (Å²) in [5.41, 5.74) is 0.870. The number of halogens is 3. The Morgan fingerprint density at radius 2 is 1.81 bits per heavy atom. The highest BCUT2D eigenvalue weighted by Crippen LogP contribution is 2.37. The van der Waals surface area contributed by atoms with Crippen LogP contribution < -0.4 is 9.64 Å². The van der Waals surface area contributed by atoms with E-state index in [1.807, 2.05) is 19.1 Å². The molecule has 0 aliphatic heterocycles. The first-order valence-electron chi connectivity index (χ1n) is 9.12. The summed E-state index contributed by atoms with van der Waals surface area (Å²) < 4.78 is 45.7. The third-order valence-electron chi connectivity index (χ3n) is 4.07. The molecule has 0 aliphatic rings. The number of hydrogen-bond acceptors (Lipinski definition) is 4. The molecule has 0 aliphatic carbocycles. The van der Waals surface area contributed by atoms with Gasteiger partial charge in [-0.2, -0.15) is 18.2 Å². The van der Waals surface area contributed by atoms with Crippen LogP contribution in [0.3, 0.4) is 0 Å². The first-order valence-corrected chi connectivity index (χ1v) is 9.12. The molecule has 4 nitrogen and oxygen atoms in total. The van der Waals surface area contributed by atoms with Crippen LogP contribution in [0, 0.1) is 5.92 Å². The molecule has 0 bridgehead atoms. The Labute approximate surface area is 158 Å². The van der Waals surface area contributed by atoms with Crippen molar-refractivity contribution in [3.8, 4) is 6.01 Å². The quantitative estimate of drug-likeness (QED) is 0.555. The molecule has 0 amide bonds. The Kier molecular flexibility index (Phi) is 7.05. The van der Waals surface area contributed by atoms with Gasteiger partial charge in [0.05, 0.1) is 6.61 Å². The van der Waals surface area contributed by atoms with Gasteiger partial charge in [-0.3, -0.25) is 0 Å². The Morgan fingerprint density at radius 1 is 1.15 bits per heavy atom. The van der Waals surface area contributed by atoms with Gasteiger partial charge in [0.25, 0.3) is 0 Å². The summed E-state index contributed by atoms with van der Waals surface area (Å²) in [6.45, 7) is 6.61. The van der Waals surface area contributed by atoms with Gasteiger partial charge in [-0.25, -0.2) is 4.98 Å². The Bertz CT molecular complexity index is 730. The molecule has 2 rings (SSSR count). The number of anilines is 2. The fourth-order valence-electron chi connectivity index (χ4n) is 2.64. The molecule has 2 aromatic rings. The summed E-state index contributed by atoms with van der Waals surface area (Å²) in [7, 11) is 1.56. The molecule has 0 radical (unpaired) electrons. The third-order valence-corrected chi connectivity index (χ3v) is 4.07. The monoisotopic (exact) mass is 381 g/mol. The van der Waals surface area contributed by atoms with Gasteiger partial charge < -0.3 is 9.64 Å². The topological polar surface area (TPSA) is 38.2 Å². The van der Waals surface area contributed by atoms with Gasteiger partial charge in [0.2, 0.25) is 0 Å². The van der Waals surface area contributed by atoms with Crippen molar-refractivity contribution in [1.29, 1.82) is 0 Å². The molecule has 0 N–H and O–H groups in total. The van der Waals surface area contributed by atoms with Crippen molar-refractivity contribution in [2.24, 2.45) is 5.92 Å². The van der Waals surface area contributed by atoms with Crippen LogP contribution in [0.1, 0.15) is 44.7 Å². The van der Waals surface area contributed by atoms with E-state index in [9.17, 15) is 13.2 Å². The predicted octanol–water partition coefficient (Wildman–Crippen LogP) is 5.64. The van der Waals surface area contributed by atoms with Crippen LogP contribution in [0.4, 0.5) is 24.7 Å². The lowest BCUT2D eigenvalue weighted by Gasteiger charge is -2.23. The van der Waals surface area contributed by atoms with Crippen molar-refractivity contribution in [3.05, 3.63) is 41.6 Å². The first kappa shape index (κ1) is 21.0. The molecule has 27 heavy (non-hydrogen) atoms. The number of unbranched alkanes of at least 4 members (excludes halogenated alkanes) is 1. The summed E-state index contributed by atoms with van der Waals surface area (Å²) in [6, 6.07) is 7.42. The minimum absolute atomic E-state index is 0.0465. The predicted molar refractivity (Wildman–Crippen MR) is 100 cm³/mol. The van der Waals surface area contributed by atoms with Crippen LogP contribution in [0.25, 0.3) is 0 Å². The van der Waals surface area contributed by atoms with E-state index in [4.69, 9.17) is 4.74 Å². The second kappa shape index (κ2) is 9.06. The molecule has 0 saturated carbocycles. The van der Waals surface area contributed by atoms with E-state index in [0.29, 0.717) is 18.2 Å². The summed E-state index contributed by atoms with van der Waals surface area (Å²) in [5, 5.41) is 0. The number of ether oxygens (including phenoxy) is 1. The lowest BCUT2D eigenvalue weighted by Crippen LogP contribution is -2.19. The van der Waals surface area contributed by atoms with Crippen LogP contribution in [0.2, 0.25) is 0 Å². The molecule has 148 valence electrons. The van der Waals surface area contributed by atoms with Crippen molar-refractivity contribution < 1.29 is 17.9 Å². The van der Waals surface area contributed by atoms with Crippen LogP contribution in [0.15, 0.2) is 30.5 Å². The van der Waals surface area contributed by atoms with Gasteiger partial charge in [-0.15, -0.1) is 0 Å². The standard InChI is InChI=1S/C20H26F3N3O/c1-5-6-11-27-19-24-13-17(20(21,22)23)18(25-19)26(4)16-9-7-15(8-10-16)12-14(2)3/h7-10,13-14H,5-6,11-12H2,1-4H3. The second-order valence-corrected chi connectivity index (χ2v) is 6.91. The fraction of sp³-hybridized carbons (Fsp3) is 0.500. The second-order valence-electron chi connectivity index (χ2n) is 6.91. The molecule has 1 aromatic heterocycles. The van der Waals surface area contributed by atoms with E-state index >= 15 is 0 Å². The van der Waals surface area contributed by atoms with Gasteiger partial charge >= 0.3 is 12.2 Å². The summed E-state index contributed by atoms with van der Waals surface area (Å²) in [5.74, 6) is 0.288. The molecule has 0 atom stereocenters. The van der Waals surface area contributed by atoms with E-state index < -0.39 is 11.7 Å². The Morgan fingerprint density at radius 3 is 2.37 bits per heavy atom. The van der Waals surface area contributed by atoms with Gasteiger partial charge in [0, 0.05) is 18.9 Å². The molecule has 7 heteroatoms. The zero-order valence-electron chi connectivity index (χ0n) is 16.2. The average molecular weight is 381 g/mol.